The molecule has 0 radical (unpaired) electrons. The predicted octanol–water partition coefficient (Wildman–Crippen LogP) is -0.410. The van der Waals surface area contributed by atoms with Gasteiger partial charge in [0.25, 0.3) is 0 Å². The van der Waals surface area contributed by atoms with E-state index in [9.17, 15) is 4.79 Å². The maximum Gasteiger partial charge on any atom is 0.224 e. The van der Waals surface area contributed by atoms with Gasteiger partial charge in [-0.25, -0.2) is 4.98 Å². The number of nitrogen functional groups attached to an aromatic ring is 1. The maximum absolute atomic E-state index is 11.3. The van der Waals surface area contributed by atoms with E-state index in [-0.39, 0.29) is 23.4 Å². The van der Waals surface area contributed by atoms with E-state index >= 15 is 0 Å². The van der Waals surface area contributed by atoms with Gasteiger partial charge in [0, 0.05) is 26.6 Å². The van der Waals surface area contributed by atoms with Crippen LogP contribution >= 0.6 is 0 Å². The Kier molecular flexibility index (Phi) is 4.32. The quantitative estimate of drug-likeness (QED) is 0.770. The van der Waals surface area contributed by atoms with Crippen LogP contribution in [-0.2, 0) is 9.53 Å². The average Bonchev–Trinajstić information content (AvgIpc) is 2.45. The second kappa shape index (κ2) is 6.16. The molecule has 0 spiro atoms. The van der Waals surface area contributed by atoms with Gasteiger partial charge in [0.2, 0.25) is 11.9 Å². The number of rotatable bonds is 3. The van der Waals surface area contributed by atoms with Crippen molar-refractivity contribution in [2.24, 2.45) is 0 Å². The number of nitrogens with zero attached hydrogens (tertiary/aromatic N) is 4. The van der Waals surface area contributed by atoms with Gasteiger partial charge in [-0.3, -0.25) is 4.79 Å². The predicted molar refractivity (Wildman–Crippen MR) is 71.6 cm³/mol. The molecule has 0 aromatic carbocycles. The molecule has 3 N–H and O–H groups in total. The number of aromatic nitrogens is 2. The number of nitrogens with two attached hydrogens (primary N) is 1. The molecule has 0 saturated carbocycles. The zero-order valence-corrected chi connectivity index (χ0v) is 11.2. The highest BCUT2D eigenvalue weighted by atomic mass is 16.5. The van der Waals surface area contributed by atoms with Crippen LogP contribution in [0.25, 0.3) is 0 Å². The third-order valence-electron chi connectivity index (χ3n) is 3.01. The van der Waals surface area contributed by atoms with Gasteiger partial charge in [-0.05, 0) is 0 Å². The average molecular weight is 276 g/mol. The number of anilines is 2. The van der Waals surface area contributed by atoms with E-state index in [4.69, 9.17) is 15.7 Å². The van der Waals surface area contributed by atoms with Crippen LogP contribution in [0.1, 0.15) is 12.5 Å². The van der Waals surface area contributed by atoms with Gasteiger partial charge in [-0.15, -0.1) is 0 Å². The molecular formula is C12H16N6O2. The van der Waals surface area contributed by atoms with Crippen LogP contribution in [0.3, 0.4) is 0 Å². The Morgan fingerprint density at radius 3 is 3.20 bits per heavy atom. The molecule has 1 aromatic rings. The number of carbonyl (C=O) groups is 1. The summed E-state index contributed by atoms with van der Waals surface area (Å²) in [7, 11) is 0. The van der Waals surface area contributed by atoms with Crippen molar-refractivity contribution in [3.63, 3.8) is 0 Å². The van der Waals surface area contributed by atoms with E-state index in [1.807, 2.05) is 6.07 Å². The Balaban J connectivity index is 1.90. The third kappa shape index (κ3) is 3.33. The van der Waals surface area contributed by atoms with Crippen LogP contribution in [-0.4, -0.2) is 53.1 Å². The fourth-order valence-corrected chi connectivity index (χ4v) is 1.90. The summed E-state index contributed by atoms with van der Waals surface area (Å²) in [5.41, 5.74) is 5.85. The van der Waals surface area contributed by atoms with Crippen LogP contribution in [0.2, 0.25) is 0 Å². The van der Waals surface area contributed by atoms with E-state index in [2.05, 4.69) is 15.3 Å². The second-order valence-corrected chi connectivity index (χ2v) is 4.44. The van der Waals surface area contributed by atoms with E-state index in [1.165, 1.54) is 6.20 Å². The van der Waals surface area contributed by atoms with Gasteiger partial charge in [0.1, 0.15) is 17.5 Å². The smallest absolute Gasteiger partial charge is 0.224 e. The number of ether oxygens (including phenoxy) is 1. The van der Waals surface area contributed by atoms with Gasteiger partial charge in [-0.1, -0.05) is 0 Å². The normalized spacial score (nSPS) is 18.4. The summed E-state index contributed by atoms with van der Waals surface area (Å²) >= 11 is 0. The number of amides is 1. The minimum atomic E-state index is -0.117. The molecule has 1 aliphatic rings. The fourth-order valence-electron chi connectivity index (χ4n) is 1.90. The summed E-state index contributed by atoms with van der Waals surface area (Å²) in [6, 6.07) is 1.90. The molecule has 106 valence electrons. The van der Waals surface area contributed by atoms with Gasteiger partial charge < -0.3 is 20.7 Å². The summed E-state index contributed by atoms with van der Waals surface area (Å²) in [6.45, 7) is 3.68. The molecule has 1 saturated heterocycles. The zero-order chi connectivity index (χ0) is 14.5. The van der Waals surface area contributed by atoms with Gasteiger partial charge >= 0.3 is 0 Å². The lowest BCUT2D eigenvalue weighted by atomic mass is 10.2. The molecule has 8 nitrogen and oxygen atoms in total. The van der Waals surface area contributed by atoms with E-state index < -0.39 is 0 Å². The van der Waals surface area contributed by atoms with Gasteiger partial charge in [0.05, 0.1) is 18.9 Å². The van der Waals surface area contributed by atoms with Gasteiger partial charge in [0.15, 0.2) is 0 Å². The minimum Gasteiger partial charge on any atom is -0.382 e. The topological polar surface area (TPSA) is 117 Å². The fraction of sp³-hybridized carbons (Fsp3) is 0.500. The summed E-state index contributed by atoms with van der Waals surface area (Å²) in [4.78, 5) is 21.0. The highest BCUT2D eigenvalue weighted by molar-refractivity contribution is 5.73. The summed E-state index contributed by atoms with van der Waals surface area (Å²) in [5.74, 6) is 0.516. The highest BCUT2D eigenvalue weighted by Gasteiger charge is 2.22. The van der Waals surface area contributed by atoms with Crippen molar-refractivity contribution in [1.82, 2.24) is 14.9 Å². The Labute approximate surface area is 116 Å². The Morgan fingerprint density at radius 1 is 1.75 bits per heavy atom. The van der Waals surface area contributed by atoms with E-state index in [1.54, 1.807) is 11.8 Å². The summed E-state index contributed by atoms with van der Waals surface area (Å²) in [5, 5.41) is 11.7. The highest BCUT2D eigenvalue weighted by Crippen LogP contribution is 2.10. The molecule has 1 fully saturated rings. The first-order chi connectivity index (χ1) is 9.60. The first kappa shape index (κ1) is 14.0. The Hall–Kier alpha value is -2.40. The van der Waals surface area contributed by atoms with E-state index in [0.717, 1.165) is 0 Å². The number of hydrogen-bond donors (Lipinski definition) is 2. The molecule has 0 aliphatic carbocycles. The second-order valence-electron chi connectivity index (χ2n) is 4.44. The molecule has 1 aliphatic heterocycles. The molecule has 1 amide bonds. The monoisotopic (exact) mass is 276 g/mol. The van der Waals surface area contributed by atoms with Crippen molar-refractivity contribution in [1.29, 1.82) is 5.26 Å². The van der Waals surface area contributed by atoms with Crippen molar-refractivity contribution in [3.8, 4) is 6.07 Å². The number of nitriles is 1. The summed E-state index contributed by atoms with van der Waals surface area (Å²) < 4.78 is 5.56. The number of carbonyl (C=O) groups excluding carboxylic acids is 1. The molecular weight excluding hydrogens is 260 g/mol. The van der Waals surface area contributed by atoms with E-state index in [0.29, 0.717) is 32.2 Å². The van der Waals surface area contributed by atoms with Crippen LogP contribution < -0.4 is 11.1 Å². The van der Waals surface area contributed by atoms with Crippen molar-refractivity contribution in [3.05, 3.63) is 11.8 Å². The first-order valence-electron chi connectivity index (χ1n) is 6.23. The minimum absolute atomic E-state index is 0.0390. The van der Waals surface area contributed by atoms with Crippen molar-refractivity contribution < 1.29 is 9.53 Å². The molecule has 2 rings (SSSR count). The lowest BCUT2D eigenvalue weighted by Gasteiger charge is -2.32. The largest absolute Gasteiger partial charge is 0.382 e. The lowest BCUT2D eigenvalue weighted by Crippen LogP contribution is -2.47. The van der Waals surface area contributed by atoms with Gasteiger partial charge in [-0.2, -0.15) is 10.2 Å². The van der Waals surface area contributed by atoms with Crippen LogP contribution in [0, 0.1) is 11.3 Å². The molecule has 1 unspecified atom stereocenters. The van der Waals surface area contributed by atoms with Crippen molar-refractivity contribution in [2.45, 2.75) is 13.0 Å². The SMILES string of the molecule is CC(=O)N1CCOC(CNc2ncc(C#N)c(N)n2)C1. The molecule has 1 atom stereocenters. The third-order valence-corrected chi connectivity index (χ3v) is 3.01. The van der Waals surface area contributed by atoms with Crippen molar-refractivity contribution >= 4 is 17.7 Å². The molecule has 1 aromatic heterocycles. The van der Waals surface area contributed by atoms with Crippen molar-refractivity contribution in [2.75, 3.05) is 37.3 Å². The zero-order valence-electron chi connectivity index (χ0n) is 11.2. The first-order valence-corrected chi connectivity index (χ1v) is 6.23. The Bertz CT molecular complexity index is 541. The number of morpholine rings is 1. The lowest BCUT2D eigenvalue weighted by molar-refractivity contribution is -0.135. The summed E-state index contributed by atoms with van der Waals surface area (Å²) in [6.07, 6.45) is 1.25. The van der Waals surface area contributed by atoms with Crippen LogP contribution in [0.5, 0.6) is 0 Å². The standard InChI is InChI=1S/C12H16N6O2/c1-8(19)18-2-3-20-10(7-18)6-16-12-15-5-9(4-13)11(14)17-12/h5,10H,2-3,6-7H2,1H3,(H3,14,15,16,17). The number of nitrogens with one attached hydrogen (secondary N) is 1. The number of hydrogen-bond acceptors (Lipinski definition) is 7. The van der Waals surface area contributed by atoms with Crippen LogP contribution in [0.4, 0.5) is 11.8 Å². The van der Waals surface area contributed by atoms with Crippen LogP contribution in [0.15, 0.2) is 6.20 Å². The molecule has 2 heterocycles. The maximum atomic E-state index is 11.3. The molecule has 8 heteroatoms. The molecule has 20 heavy (non-hydrogen) atoms. The molecule has 0 bridgehead atoms. The Morgan fingerprint density at radius 2 is 2.55 bits per heavy atom.